The molecular formula is C24H29F3N7OP. The lowest BCUT2D eigenvalue weighted by molar-refractivity contribution is -0.137. The van der Waals surface area contributed by atoms with Crippen LogP contribution in [-0.4, -0.2) is 58.1 Å². The minimum atomic E-state index is -4.67. The Morgan fingerprint density at radius 2 is 1.75 bits per heavy atom. The molecule has 2 N–H and O–H groups in total. The molecule has 1 saturated carbocycles. The van der Waals surface area contributed by atoms with Crippen molar-refractivity contribution in [2.45, 2.75) is 25.1 Å². The predicted molar refractivity (Wildman–Crippen MR) is 134 cm³/mol. The maximum atomic E-state index is 13.7. The Kier molecular flexibility index (Phi) is 6.32. The van der Waals surface area contributed by atoms with Crippen LogP contribution in [0.4, 0.5) is 36.3 Å². The summed E-state index contributed by atoms with van der Waals surface area (Å²) in [5, 5.41) is 10.7. The molecule has 0 amide bonds. The van der Waals surface area contributed by atoms with E-state index in [0.717, 1.165) is 32.1 Å². The molecule has 2 atom stereocenters. The highest BCUT2D eigenvalue weighted by molar-refractivity contribution is 7.70. The van der Waals surface area contributed by atoms with Gasteiger partial charge in [0.25, 0.3) is 0 Å². The molecule has 0 radical (unpaired) electrons. The van der Waals surface area contributed by atoms with Gasteiger partial charge < -0.3 is 20.1 Å². The van der Waals surface area contributed by atoms with Gasteiger partial charge in [-0.05, 0) is 57.2 Å². The van der Waals surface area contributed by atoms with Gasteiger partial charge in [0.15, 0.2) is 0 Å². The summed E-state index contributed by atoms with van der Waals surface area (Å²) in [4.78, 5) is 10.4. The second-order valence-electron chi connectivity index (χ2n) is 10.1. The van der Waals surface area contributed by atoms with Crippen LogP contribution < -0.4 is 15.9 Å². The van der Waals surface area contributed by atoms with Crippen molar-refractivity contribution < 1.29 is 17.7 Å². The molecule has 36 heavy (non-hydrogen) atoms. The molecule has 0 bridgehead atoms. The fourth-order valence-corrected chi connectivity index (χ4v) is 6.53. The lowest BCUT2D eigenvalue weighted by Crippen LogP contribution is -2.17. The third-order valence-corrected chi connectivity index (χ3v) is 8.52. The van der Waals surface area contributed by atoms with Gasteiger partial charge in [-0.15, -0.1) is 0 Å². The van der Waals surface area contributed by atoms with Crippen LogP contribution >= 0.6 is 7.14 Å². The van der Waals surface area contributed by atoms with Gasteiger partial charge in [0, 0.05) is 30.8 Å². The van der Waals surface area contributed by atoms with E-state index in [0.29, 0.717) is 34.6 Å². The molecule has 1 aliphatic carbocycles. The fourth-order valence-electron chi connectivity index (χ4n) is 5.37. The second-order valence-corrected chi connectivity index (χ2v) is 13.3. The summed E-state index contributed by atoms with van der Waals surface area (Å²) in [6.07, 6.45) is 1.70. The zero-order valence-corrected chi connectivity index (χ0v) is 21.2. The van der Waals surface area contributed by atoms with Gasteiger partial charge in [0.2, 0.25) is 5.95 Å². The number of halogens is 3. The molecule has 0 spiro atoms. The second kappa shape index (κ2) is 9.19. The van der Waals surface area contributed by atoms with E-state index >= 15 is 0 Å². The quantitative estimate of drug-likeness (QED) is 0.446. The number of likely N-dealkylation sites (tertiary alicyclic amines) is 1. The van der Waals surface area contributed by atoms with Crippen LogP contribution in [0.1, 0.15) is 24.4 Å². The minimum Gasteiger partial charge on any atom is -0.339 e. The summed E-state index contributed by atoms with van der Waals surface area (Å²) in [6.45, 7) is 5.35. The molecule has 8 nitrogen and oxygen atoms in total. The number of hydrogen-bond donors (Lipinski definition) is 2. The lowest BCUT2D eigenvalue weighted by Gasteiger charge is -2.18. The summed E-state index contributed by atoms with van der Waals surface area (Å²) < 4.78 is 55.8. The van der Waals surface area contributed by atoms with Crippen LogP contribution in [0.5, 0.6) is 0 Å². The number of rotatable bonds is 6. The summed E-state index contributed by atoms with van der Waals surface area (Å²) in [6, 6.07) is 6.90. The number of alkyl halides is 3. The van der Waals surface area contributed by atoms with E-state index in [1.54, 1.807) is 43.8 Å². The average Bonchev–Trinajstić information content (AvgIpc) is 3.47. The Labute approximate surface area is 207 Å². The van der Waals surface area contributed by atoms with Crippen LogP contribution in [0.25, 0.3) is 0 Å². The van der Waals surface area contributed by atoms with Crippen LogP contribution in [0.3, 0.4) is 0 Å². The van der Waals surface area contributed by atoms with Gasteiger partial charge in [-0.2, -0.15) is 23.3 Å². The molecular weight excluding hydrogens is 490 g/mol. The van der Waals surface area contributed by atoms with E-state index in [4.69, 9.17) is 0 Å². The topological polar surface area (TPSA) is 88.0 Å². The molecule has 2 fully saturated rings. The summed E-state index contributed by atoms with van der Waals surface area (Å²) in [7, 11) is -0.599. The molecule has 2 unspecified atom stereocenters. The van der Waals surface area contributed by atoms with E-state index < -0.39 is 24.7 Å². The van der Waals surface area contributed by atoms with Crippen molar-refractivity contribution in [3.8, 4) is 0 Å². The third-order valence-electron chi connectivity index (χ3n) is 6.97. The smallest absolute Gasteiger partial charge is 0.339 e. The lowest BCUT2D eigenvalue weighted by atomic mass is 10.0. The normalized spacial score (nSPS) is 22.6. The molecule has 1 aliphatic heterocycles. The van der Waals surface area contributed by atoms with Gasteiger partial charge in [-0.25, -0.2) is 4.98 Å². The first-order valence-electron chi connectivity index (χ1n) is 11.8. The Morgan fingerprint density at radius 1 is 1.06 bits per heavy atom. The highest BCUT2D eigenvalue weighted by Crippen LogP contribution is 2.43. The van der Waals surface area contributed by atoms with Crippen molar-refractivity contribution in [1.29, 1.82) is 0 Å². The van der Waals surface area contributed by atoms with Crippen LogP contribution in [0, 0.1) is 11.8 Å². The van der Waals surface area contributed by atoms with Crippen molar-refractivity contribution in [2.24, 2.45) is 11.8 Å². The Bertz CT molecular complexity index is 1290. The molecule has 192 valence electrons. The monoisotopic (exact) mass is 519 g/mol. The van der Waals surface area contributed by atoms with Crippen molar-refractivity contribution in [1.82, 2.24) is 24.6 Å². The van der Waals surface area contributed by atoms with E-state index in [1.807, 2.05) is 10.9 Å². The maximum absolute atomic E-state index is 13.7. The Morgan fingerprint density at radius 3 is 2.42 bits per heavy atom. The number of anilines is 4. The van der Waals surface area contributed by atoms with E-state index in [9.17, 15) is 17.7 Å². The predicted octanol–water partition coefficient (Wildman–Crippen LogP) is 4.94. The van der Waals surface area contributed by atoms with Crippen molar-refractivity contribution in [3.63, 3.8) is 0 Å². The van der Waals surface area contributed by atoms with Gasteiger partial charge in [-0.3, -0.25) is 4.68 Å². The number of para-hydroxylation sites is 1. The van der Waals surface area contributed by atoms with Gasteiger partial charge >= 0.3 is 6.18 Å². The van der Waals surface area contributed by atoms with Crippen LogP contribution in [-0.2, 0) is 10.7 Å². The third kappa shape index (κ3) is 5.13. The molecule has 2 aromatic heterocycles. The highest BCUT2D eigenvalue weighted by atomic mass is 31.2. The average molecular weight is 520 g/mol. The summed E-state index contributed by atoms with van der Waals surface area (Å²) in [5.74, 6) is 0.943. The molecule has 2 aliphatic rings. The largest absolute Gasteiger partial charge is 0.421 e. The molecule has 12 heteroatoms. The zero-order valence-electron chi connectivity index (χ0n) is 20.3. The van der Waals surface area contributed by atoms with Crippen LogP contribution in [0.15, 0.2) is 42.9 Å². The molecule has 3 heterocycles. The molecule has 1 saturated heterocycles. The zero-order chi connectivity index (χ0) is 25.7. The first-order chi connectivity index (χ1) is 17.0. The van der Waals surface area contributed by atoms with Gasteiger partial charge in [0.05, 0.1) is 23.6 Å². The molecule has 1 aromatic carbocycles. The van der Waals surface area contributed by atoms with Crippen LogP contribution in [0.2, 0.25) is 0 Å². The number of hydrogen-bond acceptors (Lipinski definition) is 7. The number of fused-ring (bicyclic) bond motifs is 1. The first kappa shape index (κ1) is 24.8. The Hall–Kier alpha value is -2.91. The van der Waals surface area contributed by atoms with Gasteiger partial charge in [0.1, 0.15) is 18.5 Å². The Balaban J connectivity index is 1.38. The van der Waals surface area contributed by atoms with E-state index in [2.05, 4.69) is 37.6 Å². The highest BCUT2D eigenvalue weighted by Gasteiger charge is 2.40. The summed E-state index contributed by atoms with van der Waals surface area (Å²) in [5.41, 5.74) is -0.101. The molecule has 5 rings (SSSR count). The van der Waals surface area contributed by atoms with E-state index in [-0.39, 0.29) is 5.95 Å². The van der Waals surface area contributed by atoms with Crippen molar-refractivity contribution in [3.05, 3.63) is 48.4 Å². The summed E-state index contributed by atoms with van der Waals surface area (Å²) >= 11 is 0. The number of nitrogens with one attached hydrogen (secondary N) is 2. The maximum Gasteiger partial charge on any atom is 0.421 e. The molecule has 3 aromatic rings. The number of nitrogens with zero attached hydrogens (tertiary/aromatic N) is 5. The van der Waals surface area contributed by atoms with Gasteiger partial charge in [-0.1, -0.05) is 12.1 Å². The minimum absolute atomic E-state index is 0.00336. The number of benzene rings is 1. The van der Waals surface area contributed by atoms with Crippen molar-refractivity contribution in [2.75, 3.05) is 44.1 Å². The number of aromatic nitrogens is 4. The first-order valence-corrected chi connectivity index (χ1v) is 14.4. The fraction of sp³-hybridized carbons (Fsp3) is 0.458. The standard InChI is InChI=1S/C24H29F3N7OP/c1-33-12-15-8-18(9-16(15)13-33)34-14-17(10-29-34)30-23-28-11-19(24(25,26)27)22(32-23)31-20-6-4-5-7-21(20)36(2,3)35/h4-7,10-11,14-16,18H,8-9,12-13H2,1-3H3,(H2,28,30,31,32). The van der Waals surface area contributed by atoms with E-state index in [1.165, 1.54) is 0 Å². The SMILES string of the molecule is CN1CC2CC(n3cc(Nc4ncc(C(F)(F)F)c(Nc5ccccc5P(C)(C)=O)n4)cn3)CC2C1. The van der Waals surface area contributed by atoms with Crippen molar-refractivity contribution >= 4 is 35.6 Å².